The fourth-order valence-corrected chi connectivity index (χ4v) is 5.02. The van der Waals surface area contributed by atoms with E-state index in [1.165, 1.54) is 25.7 Å². The molecule has 2 atom stereocenters. The maximum atomic E-state index is 12.9. The molecule has 4 saturated heterocycles. The molecular formula is C20H26N4O2. The second-order valence-electron chi connectivity index (χ2n) is 7.99. The van der Waals surface area contributed by atoms with E-state index < -0.39 is 0 Å². The third-order valence-electron chi connectivity index (χ3n) is 6.60. The minimum absolute atomic E-state index is 0.0638. The lowest BCUT2D eigenvalue weighted by molar-refractivity contribution is 0.0216. The Hall–Kier alpha value is -2.08. The van der Waals surface area contributed by atoms with Crippen LogP contribution in [0.4, 0.5) is 5.69 Å². The van der Waals surface area contributed by atoms with Gasteiger partial charge in [-0.25, -0.2) is 4.98 Å². The summed E-state index contributed by atoms with van der Waals surface area (Å²) in [6.07, 6.45) is 8.27. The van der Waals surface area contributed by atoms with Crippen molar-refractivity contribution in [3.8, 4) is 0 Å². The molecule has 4 fully saturated rings. The Morgan fingerprint density at radius 1 is 1.23 bits per heavy atom. The summed E-state index contributed by atoms with van der Waals surface area (Å²) >= 11 is 0. The van der Waals surface area contributed by atoms with Crippen molar-refractivity contribution in [3.05, 3.63) is 24.2 Å². The van der Waals surface area contributed by atoms with E-state index in [-0.39, 0.29) is 11.9 Å². The van der Waals surface area contributed by atoms with Crippen LogP contribution in [0.1, 0.15) is 43.1 Å². The van der Waals surface area contributed by atoms with Crippen LogP contribution in [0.2, 0.25) is 0 Å². The summed E-state index contributed by atoms with van der Waals surface area (Å²) in [7, 11) is 0. The minimum atomic E-state index is -0.0638. The highest BCUT2D eigenvalue weighted by molar-refractivity contribution is 5.99. The van der Waals surface area contributed by atoms with Crippen LogP contribution in [-0.4, -0.2) is 54.1 Å². The lowest BCUT2D eigenvalue weighted by Gasteiger charge is -2.49. The number of pyridine rings is 1. The summed E-state index contributed by atoms with van der Waals surface area (Å²) in [5.41, 5.74) is 2.33. The molecule has 2 bridgehead atoms. The molecule has 6 rings (SSSR count). The van der Waals surface area contributed by atoms with Gasteiger partial charge in [0.05, 0.1) is 11.9 Å². The molecule has 0 aromatic carbocycles. The smallest absolute Gasteiger partial charge is 0.270 e. The van der Waals surface area contributed by atoms with E-state index in [9.17, 15) is 4.79 Å². The summed E-state index contributed by atoms with van der Waals surface area (Å²) in [4.78, 5) is 22.1. The van der Waals surface area contributed by atoms with Crippen molar-refractivity contribution in [2.45, 2.75) is 44.7 Å². The minimum Gasteiger partial charge on any atom is -0.460 e. The number of carbonyl (C=O) groups excluding carboxylic acids is 1. The third-order valence-corrected chi connectivity index (χ3v) is 6.60. The zero-order valence-corrected chi connectivity index (χ0v) is 15.3. The van der Waals surface area contributed by atoms with Gasteiger partial charge in [-0.15, -0.1) is 0 Å². The Balaban J connectivity index is 1.39. The molecule has 2 aromatic heterocycles. The van der Waals surface area contributed by atoms with E-state index in [1.807, 2.05) is 6.07 Å². The monoisotopic (exact) mass is 354 g/mol. The average molecular weight is 354 g/mol. The standard InChI is InChI=1S/C20H26N4O2/c1-13-19(14-4-8-23(13)9-5-14)22-20(25)16-10-15-17(24-6-2-3-7-24)12-26-18(15)11-21-16/h10-14,19H,2-9H2,1H3,(H,22,25). The Morgan fingerprint density at radius 3 is 2.73 bits per heavy atom. The highest BCUT2D eigenvalue weighted by atomic mass is 16.3. The van der Waals surface area contributed by atoms with E-state index in [2.05, 4.69) is 27.0 Å². The lowest BCUT2D eigenvalue weighted by atomic mass is 9.79. The number of furan rings is 1. The molecule has 2 unspecified atom stereocenters. The number of hydrogen-bond acceptors (Lipinski definition) is 5. The average Bonchev–Trinajstić information content (AvgIpc) is 3.33. The molecule has 26 heavy (non-hydrogen) atoms. The molecule has 0 saturated carbocycles. The summed E-state index contributed by atoms with van der Waals surface area (Å²) in [6, 6.07) is 2.53. The first kappa shape index (κ1) is 16.1. The van der Waals surface area contributed by atoms with Crippen LogP contribution in [-0.2, 0) is 0 Å². The quantitative estimate of drug-likeness (QED) is 0.918. The van der Waals surface area contributed by atoms with Crippen molar-refractivity contribution in [3.63, 3.8) is 0 Å². The molecule has 138 valence electrons. The number of fused-ring (bicyclic) bond motifs is 4. The van der Waals surface area contributed by atoms with E-state index in [4.69, 9.17) is 4.42 Å². The van der Waals surface area contributed by atoms with Crippen LogP contribution in [0.3, 0.4) is 0 Å². The molecule has 4 aliphatic heterocycles. The molecule has 6 heterocycles. The van der Waals surface area contributed by atoms with Gasteiger partial charge in [-0.2, -0.15) is 0 Å². The van der Waals surface area contributed by atoms with Crippen molar-refractivity contribution >= 4 is 22.6 Å². The van der Waals surface area contributed by atoms with Crippen LogP contribution >= 0.6 is 0 Å². The number of amides is 1. The van der Waals surface area contributed by atoms with E-state index in [0.29, 0.717) is 17.7 Å². The molecular weight excluding hydrogens is 328 g/mol. The number of rotatable bonds is 3. The molecule has 2 aromatic rings. The highest BCUT2D eigenvalue weighted by Crippen LogP contribution is 2.33. The zero-order chi connectivity index (χ0) is 17.7. The van der Waals surface area contributed by atoms with Gasteiger partial charge in [0.15, 0.2) is 5.58 Å². The van der Waals surface area contributed by atoms with Crippen molar-refractivity contribution in [1.29, 1.82) is 0 Å². The second-order valence-corrected chi connectivity index (χ2v) is 7.99. The SMILES string of the molecule is CC1C(NC(=O)c2cc3c(N4CCCC4)coc3cn2)C2CCN1CC2. The summed E-state index contributed by atoms with van der Waals surface area (Å²) < 4.78 is 5.66. The van der Waals surface area contributed by atoms with Crippen LogP contribution in [0.25, 0.3) is 11.0 Å². The van der Waals surface area contributed by atoms with Gasteiger partial charge >= 0.3 is 0 Å². The predicted molar refractivity (Wildman–Crippen MR) is 100 cm³/mol. The van der Waals surface area contributed by atoms with Gasteiger partial charge in [-0.3, -0.25) is 9.69 Å². The second kappa shape index (κ2) is 6.27. The van der Waals surface area contributed by atoms with E-state index in [0.717, 1.165) is 42.8 Å². The Kier molecular flexibility index (Phi) is 3.89. The molecule has 6 heteroatoms. The molecule has 0 spiro atoms. The third kappa shape index (κ3) is 2.58. The maximum Gasteiger partial charge on any atom is 0.270 e. The normalized spacial score (nSPS) is 30.9. The van der Waals surface area contributed by atoms with Gasteiger partial charge in [-0.1, -0.05) is 0 Å². The van der Waals surface area contributed by atoms with E-state index in [1.54, 1.807) is 12.5 Å². The first-order chi connectivity index (χ1) is 12.7. The number of anilines is 1. The predicted octanol–water partition coefficient (Wildman–Crippen LogP) is 2.64. The molecule has 0 aliphatic carbocycles. The van der Waals surface area contributed by atoms with Gasteiger partial charge < -0.3 is 14.6 Å². The largest absolute Gasteiger partial charge is 0.460 e. The number of nitrogens with one attached hydrogen (secondary N) is 1. The molecule has 6 nitrogen and oxygen atoms in total. The van der Waals surface area contributed by atoms with Gasteiger partial charge in [0, 0.05) is 30.6 Å². The maximum absolute atomic E-state index is 12.9. The Labute approximate surface area is 153 Å². The molecule has 1 N–H and O–H groups in total. The Morgan fingerprint density at radius 2 is 2.00 bits per heavy atom. The lowest BCUT2D eigenvalue weighted by Crippen LogP contribution is -2.62. The van der Waals surface area contributed by atoms with Gasteiger partial charge in [0.1, 0.15) is 12.0 Å². The summed E-state index contributed by atoms with van der Waals surface area (Å²) in [5.74, 6) is 0.530. The summed E-state index contributed by atoms with van der Waals surface area (Å²) in [6.45, 7) is 6.66. The number of aromatic nitrogens is 1. The zero-order valence-electron chi connectivity index (χ0n) is 15.3. The fourth-order valence-electron chi connectivity index (χ4n) is 5.02. The van der Waals surface area contributed by atoms with Crippen LogP contribution in [0, 0.1) is 5.92 Å². The van der Waals surface area contributed by atoms with Gasteiger partial charge in [0.2, 0.25) is 0 Å². The summed E-state index contributed by atoms with van der Waals surface area (Å²) in [5, 5.41) is 4.27. The van der Waals surface area contributed by atoms with Crippen molar-refractivity contribution < 1.29 is 9.21 Å². The first-order valence-corrected chi connectivity index (χ1v) is 9.88. The van der Waals surface area contributed by atoms with Gasteiger partial charge in [0.25, 0.3) is 5.91 Å². The Bertz CT molecular complexity index is 816. The topological polar surface area (TPSA) is 61.6 Å². The fraction of sp³-hybridized carbons (Fsp3) is 0.600. The first-order valence-electron chi connectivity index (χ1n) is 9.88. The van der Waals surface area contributed by atoms with Crippen molar-refractivity contribution in [1.82, 2.24) is 15.2 Å². The number of hydrogen-bond donors (Lipinski definition) is 1. The number of nitrogens with zero attached hydrogens (tertiary/aromatic N) is 3. The molecule has 1 amide bonds. The van der Waals surface area contributed by atoms with Crippen LogP contribution < -0.4 is 10.2 Å². The number of carbonyl (C=O) groups is 1. The van der Waals surface area contributed by atoms with Crippen molar-refractivity contribution in [2.24, 2.45) is 5.92 Å². The van der Waals surface area contributed by atoms with Crippen LogP contribution in [0.15, 0.2) is 22.9 Å². The molecule has 0 radical (unpaired) electrons. The highest BCUT2D eigenvalue weighted by Gasteiger charge is 2.40. The van der Waals surface area contributed by atoms with Crippen molar-refractivity contribution in [2.75, 3.05) is 31.1 Å². The molecule has 4 aliphatic rings. The van der Waals surface area contributed by atoms with Gasteiger partial charge in [-0.05, 0) is 57.7 Å². The van der Waals surface area contributed by atoms with Crippen LogP contribution in [0.5, 0.6) is 0 Å². The van der Waals surface area contributed by atoms with E-state index >= 15 is 0 Å². The number of piperidine rings is 3.